The van der Waals surface area contributed by atoms with Crippen LogP contribution in [-0.2, 0) is 16.0 Å². The minimum atomic E-state index is -0.261. The average Bonchev–Trinajstić information content (AvgIpc) is 3.01. The standard InChI is InChI=1S/C20H24ClN3O3/c1-13-17(24-20(27-13)14-6-5-7-15(21)10-14)11-18(25)22-12-19(26)23-16-8-3-2-4-9-16/h5-7,10,16H,2-4,8-9,11-12H2,1H3,(H,22,25)(H,23,26). The second-order valence-electron chi connectivity index (χ2n) is 6.89. The van der Waals surface area contributed by atoms with Crippen molar-refractivity contribution in [2.75, 3.05) is 6.54 Å². The molecule has 1 heterocycles. The number of carbonyl (C=O) groups excluding carboxylic acids is 2. The number of hydrogen-bond acceptors (Lipinski definition) is 4. The summed E-state index contributed by atoms with van der Waals surface area (Å²) in [7, 11) is 0. The summed E-state index contributed by atoms with van der Waals surface area (Å²) in [6, 6.07) is 7.42. The van der Waals surface area contributed by atoms with Gasteiger partial charge in [-0.1, -0.05) is 36.9 Å². The van der Waals surface area contributed by atoms with Gasteiger partial charge in [0.15, 0.2) is 0 Å². The van der Waals surface area contributed by atoms with Crippen molar-refractivity contribution in [1.82, 2.24) is 15.6 Å². The highest BCUT2D eigenvalue weighted by molar-refractivity contribution is 6.30. The topological polar surface area (TPSA) is 84.2 Å². The summed E-state index contributed by atoms with van der Waals surface area (Å²) in [5, 5.41) is 6.22. The maximum Gasteiger partial charge on any atom is 0.239 e. The molecular weight excluding hydrogens is 366 g/mol. The highest BCUT2D eigenvalue weighted by Crippen LogP contribution is 2.24. The zero-order valence-electron chi connectivity index (χ0n) is 15.4. The van der Waals surface area contributed by atoms with Crippen LogP contribution in [0.25, 0.3) is 11.5 Å². The molecule has 0 atom stereocenters. The van der Waals surface area contributed by atoms with Crippen molar-refractivity contribution in [3.8, 4) is 11.5 Å². The number of hydrogen-bond donors (Lipinski definition) is 2. The normalized spacial score (nSPS) is 14.7. The van der Waals surface area contributed by atoms with Gasteiger partial charge >= 0.3 is 0 Å². The molecule has 27 heavy (non-hydrogen) atoms. The van der Waals surface area contributed by atoms with Crippen LogP contribution in [0.5, 0.6) is 0 Å². The zero-order chi connectivity index (χ0) is 19.2. The van der Waals surface area contributed by atoms with Crippen LogP contribution in [0.1, 0.15) is 43.6 Å². The monoisotopic (exact) mass is 389 g/mol. The van der Waals surface area contributed by atoms with E-state index in [1.54, 1.807) is 19.1 Å². The van der Waals surface area contributed by atoms with Crippen LogP contribution in [0.15, 0.2) is 28.7 Å². The van der Waals surface area contributed by atoms with Gasteiger partial charge in [0, 0.05) is 16.6 Å². The van der Waals surface area contributed by atoms with Gasteiger partial charge in [-0.05, 0) is 38.0 Å². The molecule has 7 heteroatoms. The van der Waals surface area contributed by atoms with E-state index in [2.05, 4.69) is 15.6 Å². The molecule has 2 amide bonds. The molecule has 2 aromatic rings. The van der Waals surface area contributed by atoms with Gasteiger partial charge in [0.05, 0.1) is 18.7 Å². The van der Waals surface area contributed by atoms with Crippen molar-refractivity contribution < 1.29 is 14.0 Å². The van der Waals surface area contributed by atoms with Gasteiger partial charge in [-0.25, -0.2) is 4.98 Å². The Balaban J connectivity index is 1.51. The molecule has 0 aliphatic heterocycles. The molecule has 0 saturated heterocycles. The fourth-order valence-electron chi connectivity index (χ4n) is 3.26. The summed E-state index contributed by atoms with van der Waals surface area (Å²) in [5.41, 5.74) is 1.30. The summed E-state index contributed by atoms with van der Waals surface area (Å²) < 4.78 is 5.65. The first-order chi connectivity index (χ1) is 13.0. The zero-order valence-corrected chi connectivity index (χ0v) is 16.1. The Hall–Kier alpha value is -2.34. The van der Waals surface area contributed by atoms with Crippen LogP contribution in [0, 0.1) is 6.92 Å². The molecule has 1 saturated carbocycles. The summed E-state index contributed by atoms with van der Waals surface area (Å²) in [6.07, 6.45) is 5.63. The lowest BCUT2D eigenvalue weighted by Crippen LogP contribution is -2.43. The minimum Gasteiger partial charge on any atom is -0.441 e. The number of benzene rings is 1. The molecule has 1 aromatic carbocycles. The Labute approximate surface area is 163 Å². The van der Waals surface area contributed by atoms with E-state index in [1.807, 2.05) is 12.1 Å². The molecule has 1 aliphatic rings. The Morgan fingerprint density at radius 3 is 2.74 bits per heavy atom. The molecule has 1 aromatic heterocycles. The van der Waals surface area contributed by atoms with Gasteiger partial charge in [0.25, 0.3) is 0 Å². The Morgan fingerprint density at radius 1 is 1.22 bits per heavy atom. The molecule has 0 unspecified atom stereocenters. The van der Waals surface area contributed by atoms with Crippen LogP contribution in [0.2, 0.25) is 5.02 Å². The second-order valence-corrected chi connectivity index (χ2v) is 7.32. The van der Waals surface area contributed by atoms with Gasteiger partial charge in [-0.3, -0.25) is 9.59 Å². The lowest BCUT2D eigenvalue weighted by Gasteiger charge is -2.22. The molecule has 144 valence electrons. The molecule has 6 nitrogen and oxygen atoms in total. The Kier molecular flexibility index (Phi) is 6.50. The van der Waals surface area contributed by atoms with Crippen molar-refractivity contribution in [3.63, 3.8) is 0 Å². The third-order valence-corrected chi connectivity index (χ3v) is 4.94. The third kappa shape index (κ3) is 5.57. The van der Waals surface area contributed by atoms with Gasteiger partial charge in [0.2, 0.25) is 17.7 Å². The summed E-state index contributed by atoms with van der Waals surface area (Å²) in [4.78, 5) is 28.5. The Morgan fingerprint density at radius 2 is 2.00 bits per heavy atom. The van der Waals surface area contributed by atoms with Crippen molar-refractivity contribution >= 4 is 23.4 Å². The molecule has 0 bridgehead atoms. The van der Waals surface area contributed by atoms with Crippen molar-refractivity contribution in [3.05, 3.63) is 40.7 Å². The lowest BCUT2D eigenvalue weighted by molar-refractivity contribution is -0.126. The van der Waals surface area contributed by atoms with E-state index in [-0.39, 0.29) is 30.8 Å². The molecule has 0 radical (unpaired) electrons. The van der Waals surface area contributed by atoms with E-state index in [0.717, 1.165) is 31.2 Å². The Bertz CT molecular complexity index is 813. The number of aryl methyl sites for hydroxylation is 1. The SMILES string of the molecule is Cc1oc(-c2cccc(Cl)c2)nc1CC(=O)NCC(=O)NC1CCCCC1. The highest BCUT2D eigenvalue weighted by atomic mass is 35.5. The van der Waals surface area contributed by atoms with E-state index in [4.69, 9.17) is 16.0 Å². The maximum absolute atomic E-state index is 12.2. The first kappa shape index (κ1) is 19.4. The first-order valence-electron chi connectivity index (χ1n) is 9.29. The number of aromatic nitrogens is 1. The summed E-state index contributed by atoms with van der Waals surface area (Å²) in [5.74, 6) is 0.592. The van der Waals surface area contributed by atoms with Gasteiger partial charge in [-0.2, -0.15) is 0 Å². The summed E-state index contributed by atoms with van der Waals surface area (Å²) >= 11 is 5.99. The molecule has 1 aliphatic carbocycles. The molecular formula is C20H24ClN3O3. The second kappa shape index (κ2) is 9.04. The molecule has 0 spiro atoms. The predicted molar refractivity (Wildman–Crippen MR) is 103 cm³/mol. The van der Waals surface area contributed by atoms with Gasteiger partial charge in [-0.15, -0.1) is 0 Å². The number of carbonyl (C=O) groups is 2. The predicted octanol–water partition coefficient (Wildman–Crippen LogP) is 3.41. The van der Waals surface area contributed by atoms with Crippen molar-refractivity contribution in [2.24, 2.45) is 0 Å². The highest BCUT2D eigenvalue weighted by Gasteiger charge is 2.18. The number of nitrogens with zero attached hydrogens (tertiary/aromatic N) is 1. The maximum atomic E-state index is 12.2. The van der Waals surface area contributed by atoms with Crippen LogP contribution in [-0.4, -0.2) is 29.4 Å². The van der Waals surface area contributed by atoms with E-state index in [1.165, 1.54) is 6.42 Å². The van der Waals surface area contributed by atoms with Crippen LogP contribution < -0.4 is 10.6 Å². The number of nitrogens with one attached hydrogen (secondary N) is 2. The van der Waals surface area contributed by atoms with Crippen molar-refractivity contribution in [1.29, 1.82) is 0 Å². The van der Waals surface area contributed by atoms with Gasteiger partial charge < -0.3 is 15.1 Å². The number of amides is 2. The molecule has 1 fully saturated rings. The summed E-state index contributed by atoms with van der Waals surface area (Å²) in [6.45, 7) is 1.74. The fourth-order valence-corrected chi connectivity index (χ4v) is 3.45. The molecule has 2 N–H and O–H groups in total. The largest absolute Gasteiger partial charge is 0.441 e. The van der Waals surface area contributed by atoms with Crippen molar-refractivity contribution in [2.45, 2.75) is 51.5 Å². The van der Waals surface area contributed by atoms with Gasteiger partial charge in [0.1, 0.15) is 5.76 Å². The van der Waals surface area contributed by atoms with E-state index < -0.39 is 0 Å². The van der Waals surface area contributed by atoms with Crippen LogP contribution in [0.3, 0.4) is 0 Å². The minimum absolute atomic E-state index is 0.0205. The van der Waals surface area contributed by atoms with Crippen LogP contribution >= 0.6 is 11.6 Å². The quantitative estimate of drug-likeness (QED) is 0.792. The smallest absolute Gasteiger partial charge is 0.239 e. The lowest BCUT2D eigenvalue weighted by atomic mass is 9.95. The van der Waals surface area contributed by atoms with E-state index in [9.17, 15) is 9.59 Å². The number of rotatable bonds is 6. The first-order valence-corrected chi connectivity index (χ1v) is 9.67. The van der Waals surface area contributed by atoms with E-state index in [0.29, 0.717) is 22.4 Å². The number of oxazole rings is 1. The number of halogens is 1. The third-order valence-electron chi connectivity index (χ3n) is 4.71. The fraction of sp³-hybridized carbons (Fsp3) is 0.450. The van der Waals surface area contributed by atoms with Crippen LogP contribution in [0.4, 0.5) is 0 Å². The van der Waals surface area contributed by atoms with E-state index >= 15 is 0 Å². The average molecular weight is 390 g/mol. The molecule has 3 rings (SSSR count).